The van der Waals surface area contributed by atoms with Gasteiger partial charge in [0.2, 0.25) is 5.91 Å². The minimum absolute atomic E-state index is 0.0121. The third kappa shape index (κ3) is 5.55. The van der Waals surface area contributed by atoms with Crippen LogP contribution in [0.1, 0.15) is 44.2 Å². The number of carbonyl (C=O) groups excluding carboxylic acids is 2. The first-order valence-corrected chi connectivity index (χ1v) is 11.4. The molecule has 1 aromatic carbocycles. The lowest BCUT2D eigenvalue weighted by molar-refractivity contribution is -0.136. The van der Waals surface area contributed by atoms with Crippen LogP contribution in [0.5, 0.6) is 5.75 Å². The van der Waals surface area contributed by atoms with Crippen LogP contribution in [-0.2, 0) is 11.2 Å². The molecular formula is C23H30FN3O3S. The molecule has 2 heterocycles. The summed E-state index contributed by atoms with van der Waals surface area (Å²) in [5, 5.41) is 4.82. The molecule has 1 atom stereocenters. The van der Waals surface area contributed by atoms with Crippen LogP contribution in [0, 0.1) is 5.82 Å². The first kappa shape index (κ1) is 23.1. The van der Waals surface area contributed by atoms with E-state index in [9.17, 15) is 14.0 Å². The van der Waals surface area contributed by atoms with Crippen molar-refractivity contribution in [1.82, 2.24) is 15.1 Å². The fourth-order valence-corrected chi connectivity index (χ4v) is 4.60. The van der Waals surface area contributed by atoms with Crippen molar-refractivity contribution < 1.29 is 18.7 Å². The molecule has 0 fully saturated rings. The maximum atomic E-state index is 13.4. The molecule has 0 saturated carbocycles. The van der Waals surface area contributed by atoms with Gasteiger partial charge in [0, 0.05) is 23.5 Å². The average Bonchev–Trinajstić information content (AvgIpc) is 3.19. The number of carbonyl (C=O) groups is 2. The minimum Gasteiger partial charge on any atom is -0.491 e. The Kier molecular flexibility index (Phi) is 7.20. The quantitative estimate of drug-likeness (QED) is 0.721. The van der Waals surface area contributed by atoms with Crippen LogP contribution in [0.3, 0.4) is 0 Å². The molecule has 8 heteroatoms. The Balaban J connectivity index is 1.79. The summed E-state index contributed by atoms with van der Waals surface area (Å²) in [6, 6.07) is 7.37. The molecule has 1 N–H and O–H groups in total. The second-order valence-electron chi connectivity index (χ2n) is 8.51. The normalized spacial score (nSPS) is 15.9. The summed E-state index contributed by atoms with van der Waals surface area (Å²) in [6.07, 6.45) is 0.780. The third-order valence-corrected chi connectivity index (χ3v) is 6.31. The fourth-order valence-electron chi connectivity index (χ4n) is 3.67. The molecule has 0 saturated heterocycles. The Labute approximate surface area is 187 Å². The zero-order chi connectivity index (χ0) is 22.6. The molecule has 0 bridgehead atoms. The van der Waals surface area contributed by atoms with Crippen LogP contribution in [0.2, 0.25) is 0 Å². The number of urea groups is 1. The van der Waals surface area contributed by atoms with Crippen molar-refractivity contribution in [3.8, 4) is 5.75 Å². The van der Waals surface area contributed by atoms with Crippen molar-refractivity contribution >= 4 is 23.3 Å². The largest absolute Gasteiger partial charge is 0.491 e. The minimum atomic E-state index is -0.502. The van der Waals surface area contributed by atoms with Crippen LogP contribution < -0.4 is 10.1 Å². The number of benzene rings is 1. The molecule has 1 aromatic heterocycles. The lowest BCUT2D eigenvalue weighted by Crippen LogP contribution is -2.55. The topological polar surface area (TPSA) is 61.9 Å². The van der Waals surface area contributed by atoms with Crippen molar-refractivity contribution in [2.24, 2.45) is 0 Å². The number of hydrogen-bond acceptors (Lipinski definition) is 4. The van der Waals surface area contributed by atoms with Crippen molar-refractivity contribution in [2.75, 3.05) is 26.2 Å². The standard InChI is InChI=1S/C23H30FN3O3S/c1-5-25-22(29)27(23(2,3)4)14-21(28)26-12-10-20-18(11-13-31-20)19(26)15-30-17-8-6-16(24)7-9-17/h6-9,11,13,19H,5,10,12,14-15H2,1-4H3,(H,25,29)/t19-/m0/s1. The first-order valence-electron chi connectivity index (χ1n) is 10.5. The molecule has 1 aliphatic rings. The molecule has 0 unspecified atom stereocenters. The van der Waals surface area contributed by atoms with Gasteiger partial charge in [0.05, 0.1) is 6.04 Å². The van der Waals surface area contributed by atoms with E-state index in [1.165, 1.54) is 17.0 Å². The first-order chi connectivity index (χ1) is 14.7. The monoisotopic (exact) mass is 447 g/mol. The van der Waals surface area contributed by atoms with E-state index in [2.05, 4.69) is 5.32 Å². The molecule has 2 aromatic rings. The number of rotatable bonds is 6. The van der Waals surface area contributed by atoms with E-state index in [1.807, 2.05) is 39.1 Å². The van der Waals surface area contributed by atoms with Gasteiger partial charge in [-0.1, -0.05) is 0 Å². The Morgan fingerprint density at radius 1 is 1.26 bits per heavy atom. The van der Waals surface area contributed by atoms with E-state index in [4.69, 9.17) is 4.74 Å². The summed E-state index contributed by atoms with van der Waals surface area (Å²) in [5.41, 5.74) is 0.574. The van der Waals surface area contributed by atoms with Gasteiger partial charge in [-0.05, 0) is 75.4 Å². The number of ether oxygens (including phenoxy) is 1. The molecule has 6 nitrogen and oxygen atoms in total. The van der Waals surface area contributed by atoms with Gasteiger partial charge in [-0.25, -0.2) is 9.18 Å². The van der Waals surface area contributed by atoms with E-state index in [0.29, 0.717) is 18.8 Å². The number of fused-ring (bicyclic) bond motifs is 1. The van der Waals surface area contributed by atoms with Crippen LogP contribution >= 0.6 is 11.3 Å². The zero-order valence-electron chi connectivity index (χ0n) is 18.5. The molecule has 0 radical (unpaired) electrons. The Morgan fingerprint density at radius 3 is 2.61 bits per heavy atom. The van der Waals surface area contributed by atoms with Gasteiger partial charge in [-0.3, -0.25) is 4.79 Å². The van der Waals surface area contributed by atoms with E-state index in [0.717, 1.165) is 12.0 Å². The van der Waals surface area contributed by atoms with E-state index < -0.39 is 5.54 Å². The molecule has 0 aliphatic carbocycles. The van der Waals surface area contributed by atoms with Gasteiger partial charge >= 0.3 is 6.03 Å². The lowest BCUT2D eigenvalue weighted by Gasteiger charge is -2.40. The van der Waals surface area contributed by atoms with Gasteiger partial charge in [-0.15, -0.1) is 11.3 Å². The predicted molar refractivity (Wildman–Crippen MR) is 120 cm³/mol. The smallest absolute Gasteiger partial charge is 0.318 e. The third-order valence-electron chi connectivity index (χ3n) is 5.31. The van der Waals surface area contributed by atoms with Crippen molar-refractivity contribution in [1.29, 1.82) is 0 Å². The molecule has 1 aliphatic heterocycles. The van der Waals surface area contributed by atoms with Crippen molar-refractivity contribution in [3.05, 3.63) is 52.0 Å². The summed E-state index contributed by atoms with van der Waals surface area (Å²) < 4.78 is 19.1. The Morgan fingerprint density at radius 2 is 1.97 bits per heavy atom. The highest BCUT2D eigenvalue weighted by molar-refractivity contribution is 7.10. The van der Waals surface area contributed by atoms with Gasteiger partial charge < -0.3 is 19.9 Å². The maximum Gasteiger partial charge on any atom is 0.318 e. The molecule has 3 rings (SSSR count). The SMILES string of the molecule is CCNC(=O)N(CC(=O)N1CCc2sccc2[C@@H]1COc1ccc(F)cc1)C(C)(C)C. The molecular weight excluding hydrogens is 417 g/mol. The molecule has 31 heavy (non-hydrogen) atoms. The van der Waals surface area contributed by atoms with E-state index >= 15 is 0 Å². The summed E-state index contributed by atoms with van der Waals surface area (Å²) in [7, 11) is 0. The maximum absolute atomic E-state index is 13.4. The second-order valence-corrected chi connectivity index (χ2v) is 9.51. The zero-order valence-corrected chi connectivity index (χ0v) is 19.3. The van der Waals surface area contributed by atoms with Crippen molar-refractivity contribution in [3.63, 3.8) is 0 Å². The highest BCUT2D eigenvalue weighted by atomic mass is 32.1. The molecule has 3 amide bonds. The number of nitrogens with one attached hydrogen (secondary N) is 1. The summed E-state index contributed by atoms with van der Waals surface area (Å²) in [4.78, 5) is 30.6. The van der Waals surface area contributed by atoms with Gasteiger partial charge in [-0.2, -0.15) is 0 Å². The van der Waals surface area contributed by atoms with Crippen LogP contribution in [0.25, 0.3) is 0 Å². The van der Waals surface area contributed by atoms with E-state index in [-0.39, 0.29) is 36.9 Å². The number of nitrogens with zero attached hydrogens (tertiary/aromatic N) is 2. The highest BCUT2D eigenvalue weighted by Gasteiger charge is 2.35. The summed E-state index contributed by atoms with van der Waals surface area (Å²) in [6.45, 7) is 8.91. The lowest BCUT2D eigenvalue weighted by atomic mass is 10.00. The summed E-state index contributed by atoms with van der Waals surface area (Å²) >= 11 is 1.68. The molecule has 168 valence electrons. The summed E-state index contributed by atoms with van der Waals surface area (Å²) in [5.74, 6) is 0.107. The van der Waals surface area contributed by atoms with Gasteiger partial charge in [0.15, 0.2) is 0 Å². The second kappa shape index (κ2) is 9.68. The highest BCUT2D eigenvalue weighted by Crippen LogP contribution is 2.34. The van der Waals surface area contributed by atoms with Gasteiger partial charge in [0.1, 0.15) is 24.7 Å². The number of halogens is 1. The van der Waals surface area contributed by atoms with Crippen LogP contribution in [0.4, 0.5) is 9.18 Å². The van der Waals surface area contributed by atoms with Crippen molar-refractivity contribution in [2.45, 2.75) is 45.7 Å². The number of hydrogen-bond donors (Lipinski definition) is 1. The van der Waals surface area contributed by atoms with E-state index in [1.54, 1.807) is 33.3 Å². The van der Waals surface area contributed by atoms with Gasteiger partial charge in [0.25, 0.3) is 0 Å². The molecule has 0 spiro atoms. The Bertz CT molecular complexity index is 908. The van der Waals surface area contributed by atoms with Crippen LogP contribution in [0.15, 0.2) is 35.7 Å². The van der Waals surface area contributed by atoms with Crippen LogP contribution in [-0.4, -0.2) is 53.5 Å². The number of amides is 3. The fraction of sp³-hybridized carbons (Fsp3) is 0.478. The average molecular weight is 448 g/mol. The predicted octanol–water partition coefficient (Wildman–Crippen LogP) is 4.22. The number of thiophene rings is 1. The Hall–Kier alpha value is -2.61.